The molecule has 1 heterocycles. The fourth-order valence-electron chi connectivity index (χ4n) is 3.18. The zero-order chi connectivity index (χ0) is 19.2. The van der Waals surface area contributed by atoms with Gasteiger partial charge in [0, 0.05) is 45.8 Å². The summed E-state index contributed by atoms with van der Waals surface area (Å²) in [6.45, 7) is 8.97. The van der Waals surface area contributed by atoms with E-state index in [4.69, 9.17) is 9.73 Å². The number of aromatic nitrogens is 3. The molecule has 0 saturated carbocycles. The average Bonchev–Trinajstić information content (AvgIpc) is 3.15. The number of aliphatic imine (C=N–C) groups is 1. The molecule has 0 saturated heterocycles. The molecule has 27 heavy (non-hydrogen) atoms. The fraction of sp³-hybridized carbons (Fsp3) is 0.750. The Morgan fingerprint density at radius 2 is 2.15 bits per heavy atom. The lowest BCUT2D eigenvalue weighted by atomic mass is 9.97. The van der Waals surface area contributed by atoms with Crippen molar-refractivity contribution in [1.82, 2.24) is 25.4 Å². The summed E-state index contributed by atoms with van der Waals surface area (Å²) in [5, 5.41) is 15.0. The number of rotatable bonds is 12. The number of hydrogen-bond acceptors (Lipinski definition) is 4. The zero-order valence-electron chi connectivity index (χ0n) is 17.0. The van der Waals surface area contributed by atoms with E-state index in [1.54, 1.807) is 11.9 Å². The summed E-state index contributed by atoms with van der Waals surface area (Å²) >= 11 is 0. The highest BCUT2D eigenvalue weighted by Crippen LogP contribution is 2.19. The maximum absolute atomic E-state index is 5.40. The van der Waals surface area contributed by atoms with Crippen LogP contribution in [0.2, 0.25) is 0 Å². The summed E-state index contributed by atoms with van der Waals surface area (Å²) in [6, 6.07) is 0. The van der Waals surface area contributed by atoms with E-state index in [-0.39, 0.29) is 0 Å². The third-order valence-electron chi connectivity index (χ3n) is 4.70. The Bertz CT molecular complexity index is 581. The van der Waals surface area contributed by atoms with Crippen LogP contribution < -0.4 is 10.6 Å². The fourth-order valence-corrected chi connectivity index (χ4v) is 3.18. The molecule has 7 nitrogen and oxygen atoms in total. The molecule has 0 bridgehead atoms. The maximum Gasteiger partial charge on any atom is 0.191 e. The van der Waals surface area contributed by atoms with Crippen molar-refractivity contribution in [3.63, 3.8) is 0 Å². The van der Waals surface area contributed by atoms with Gasteiger partial charge in [-0.3, -0.25) is 4.99 Å². The first-order valence-electron chi connectivity index (χ1n) is 10.5. The summed E-state index contributed by atoms with van der Waals surface area (Å²) < 4.78 is 7.49. The van der Waals surface area contributed by atoms with Crippen LogP contribution in [0.1, 0.15) is 58.2 Å². The molecule has 1 aromatic heterocycles. The molecule has 1 aliphatic rings. The number of aryl methyl sites for hydroxylation is 1. The molecule has 2 rings (SSSR count). The smallest absolute Gasteiger partial charge is 0.191 e. The first-order chi connectivity index (χ1) is 13.3. The lowest BCUT2D eigenvalue weighted by molar-refractivity contribution is 0.146. The number of allylic oxidation sites excluding steroid dienone is 1. The Balaban J connectivity index is 1.76. The first-order valence-corrected chi connectivity index (χ1v) is 10.5. The van der Waals surface area contributed by atoms with Gasteiger partial charge >= 0.3 is 0 Å². The molecule has 0 atom stereocenters. The highest BCUT2D eigenvalue weighted by Gasteiger charge is 2.05. The van der Waals surface area contributed by atoms with Gasteiger partial charge in [-0.1, -0.05) is 18.6 Å². The molecule has 7 heteroatoms. The molecule has 0 radical (unpaired) electrons. The second kappa shape index (κ2) is 13.3. The van der Waals surface area contributed by atoms with Gasteiger partial charge in [-0.25, -0.2) is 0 Å². The summed E-state index contributed by atoms with van der Waals surface area (Å²) in [4.78, 5) is 4.69. The van der Waals surface area contributed by atoms with Crippen molar-refractivity contribution in [2.45, 2.75) is 65.3 Å². The molecule has 1 aliphatic carbocycles. The molecular formula is C20H36N6O. The standard InChI is InChI=1S/C20H36N6O/c1-3-19-25-24-17-26(19)15-14-23-20(21-12-8-16-27-4-2)22-13-11-18-9-6-5-7-10-18/h9,17H,3-8,10-16H2,1-2H3,(H2,21,22,23). The van der Waals surface area contributed by atoms with E-state index in [1.807, 2.05) is 6.92 Å². The van der Waals surface area contributed by atoms with E-state index < -0.39 is 0 Å². The quantitative estimate of drug-likeness (QED) is 0.254. The van der Waals surface area contributed by atoms with Gasteiger partial charge in [-0.05, 0) is 45.4 Å². The van der Waals surface area contributed by atoms with E-state index in [0.717, 1.165) is 70.4 Å². The number of guanidine groups is 1. The largest absolute Gasteiger partial charge is 0.382 e. The second-order valence-corrected chi connectivity index (χ2v) is 6.79. The van der Waals surface area contributed by atoms with Crippen molar-refractivity contribution in [3.8, 4) is 0 Å². The number of nitrogens with zero attached hydrogens (tertiary/aromatic N) is 4. The van der Waals surface area contributed by atoms with E-state index in [9.17, 15) is 0 Å². The van der Waals surface area contributed by atoms with Crippen molar-refractivity contribution in [2.24, 2.45) is 4.99 Å². The predicted molar refractivity (Wildman–Crippen MR) is 110 cm³/mol. The van der Waals surface area contributed by atoms with Crippen molar-refractivity contribution in [2.75, 3.05) is 32.8 Å². The van der Waals surface area contributed by atoms with Gasteiger partial charge in [-0.15, -0.1) is 10.2 Å². The van der Waals surface area contributed by atoms with E-state index >= 15 is 0 Å². The van der Waals surface area contributed by atoms with Gasteiger partial charge in [0.2, 0.25) is 0 Å². The number of hydrogen-bond donors (Lipinski definition) is 2. The lowest BCUT2D eigenvalue weighted by Crippen LogP contribution is -2.39. The summed E-state index contributed by atoms with van der Waals surface area (Å²) in [6.07, 6.45) is 12.3. The minimum atomic E-state index is 0.765. The van der Waals surface area contributed by atoms with Gasteiger partial charge in [0.05, 0.1) is 0 Å². The van der Waals surface area contributed by atoms with Gasteiger partial charge in [0.1, 0.15) is 12.2 Å². The van der Waals surface area contributed by atoms with Gasteiger partial charge in [0.15, 0.2) is 5.96 Å². The molecule has 0 unspecified atom stereocenters. The van der Waals surface area contributed by atoms with Gasteiger partial charge in [0.25, 0.3) is 0 Å². The first kappa shape index (κ1) is 21.4. The third-order valence-corrected chi connectivity index (χ3v) is 4.70. The average molecular weight is 377 g/mol. The highest BCUT2D eigenvalue weighted by atomic mass is 16.5. The van der Waals surface area contributed by atoms with Crippen LogP contribution in [0.25, 0.3) is 0 Å². The van der Waals surface area contributed by atoms with Crippen LogP contribution in [-0.4, -0.2) is 53.6 Å². The van der Waals surface area contributed by atoms with Crippen LogP contribution in [0, 0.1) is 0 Å². The van der Waals surface area contributed by atoms with E-state index in [2.05, 4.69) is 38.4 Å². The van der Waals surface area contributed by atoms with Crippen LogP contribution in [-0.2, 0) is 17.7 Å². The van der Waals surface area contributed by atoms with Crippen molar-refractivity contribution in [1.29, 1.82) is 0 Å². The van der Waals surface area contributed by atoms with Gasteiger partial charge < -0.3 is 19.9 Å². The highest BCUT2D eigenvalue weighted by molar-refractivity contribution is 5.79. The molecular weight excluding hydrogens is 340 g/mol. The topological polar surface area (TPSA) is 76.4 Å². The second-order valence-electron chi connectivity index (χ2n) is 6.79. The summed E-state index contributed by atoms with van der Waals surface area (Å²) in [7, 11) is 0. The predicted octanol–water partition coefficient (Wildman–Crippen LogP) is 2.69. The monoisotopic (exact) mass is 376 g/mol. The molecule has 2 N–H and O–H groups in total. The van der Waals surface area contributed by atoms with Gasteiger partial charge in [-0.2, -0.15) is 0 Å². The molecule has 1 aromatic rings. The molecule has 0 aliphatic heterocycles. The SMILES string of the molecule is CCOCCCN=C(NCCC1=CCCCC1)NCCn1cnnc1CC. The molecule has 0 amide bonds. The maximum atomic E-state index is 5.40. The number of nitrogens with one attached hydrogen (secondary N) is 2. The minimum Gasteiger partial charge on any atom is -0.382 e. The summed E-state index contributed by atoms with van der Waals surface area (Å²) in [5.74, 6) is 1.90. The van der Waals surface area contributed by atoms with Crippen LogP contribution in [0.3, 0.4) is 0 Å². The van der Waals surface area contributed by atoms with Crippen LogP contribution in [0.5, 0.6) is 0 Å². The van der Waals surface area contributed by atoms with Crippen molar-refractivity contribution in [3.05, 3.63) is 23.8 Å². The molecule has 152 valence electrons. The normalized spacial score (nSPS) is 14.9. The Labute approximate surface area is 163 Å². The number of ether oxygens (including phenoxy) is 1. The Hall–Kier alpha value is -1.89. The molecule has 0 spiro atoms. The molecule has 0 fully saturated rings. The van der Waals surface area contributed by atoms with E-state index in [1.165, 1.54) is 25.7 Å². The zero-order valence-corrected chi connectivity index (χ0v) is 17.0. The van der Waals surface area contributed by atoms with Crippen LogP contribution >= 0.6 is 0 Å². The Kier molecular flexibility index (Phi) is 10.6. The lowest BCUT2D eigenvalue weighted by Gasteiger charge is -2.16. The third kappa shape index (κ3) is 8.56. The summed E-state index contributed by atoms with van der Waals surface area (Å²) in [5.41, 5.74) is 1.58. The Morgan fingerprint density at radius 1 is 1.26 bits per heavy atom. The van der Waals surface area contributed by atoms with Crippen LogP contribution in [0.15, 0.2) is 23.0 Å². The van der Waals surface area contributed by atoms with E-state index in [0.29, 0.717) is 0 Å². The van der Waals surface area contributed by atoms with Crippen molar-refractivity contribution < 1.29 is 4.74 Å². The molecule has 0 aromatic carbocycles. The van der Waals surface area contributed by atoms with Crippen molar-refractivity contribution >= 4 is 5.96 Å². The minimum absolute atomic E-state index is 0.765. The van der Waals surface area contributed by atoms with Crippen LogP contribution in [0.4, 0.5) is 0 Å². The Morgan fingerprint density at radius 3 is 2.93 bits per heavy atom.